The third-order valence-corrected chi connectivity index (χ3v) is 3.04. The molecule has 0 saturated carbocycles. The van der Waals surface area contributed by atoms with Crippen LogP contribution < -0.4 is 5.73 Å². The summed E-state index contributed by atoms with van der Waals surface area (Å²) < 4.78 is 11.0. The molecule has 0 aliphatic carbocycles. The summed E-state index contributed by atoms with van der Waals surface area (Å²) in [6.45, 7) is 4.88. The Labute approximate surface area is 107 Å². The molecule has 0 spiro atoms. The second kappa shape index (κ2) is 5.93. The molecular formula is C13H21N2O3+. The maximum absolute atomic E-state index is 8.01. The smallest absolute Gasteiger partial charge is 0.284 e. The number of ether oxygens (including phenoxy) is 2. The highest BCUT2D eigenvalue weighted by atomic mass is 16.7. The summed E-state index contributed by atoms with van der Waals surface area (Å²) in [6, 6.07) is 0. The van der Waals surface area contributed by atoms with Crippen LogP contribution in [0.15, 0.2) is 35.6 Å². The van der Waals surface area contributed by atoms with Gasteiger partial charge in [0.2, 0.25) is 6.10 Å². The molecule has 2 aliphatic rings. The summed E-state index contributed by atoms with van der Waals surface area (Å²) in [6.07, 6.45) is 5.98. The van der Waals surface area contributed by atoms with Crippen LogP contribution in [0.3, 0.4) is 0 Å². The fourth-order valence-electron chi connectivity index (χ4n) is 2.02. The fraction of sp³-hybridized carbons (Fsp3) is 0.538. The lowest BCUT2D eigenvalue weighted by molar-refractivity contribution is 0.0847. The third kappa shape index (κ3) is 2.86. The molecule has 2 heterocycles. The van der Waals surface area contributed by atoms with Crippen LogP contribution >= 0.6 is 0 Å². The predicted octanol–water partition coefficient (Wildman–Crippen LogP) is 0.420. The number of nitrogens with zero attached hydrogens (tertiary/aromatic N) is 1. The molecule has 5 heteroatoms. The van der Waals surface area contributed by atoms with E-state index in [0.29, 0.717) is 31.3 Å². The van der Waals surface area contributed by atoms with Crippen LogP contribution in [-0.4, -0.2) is 42.4 Å². The van der Waals surface area contributed by atoms with Gasteiger partial charge in [0.15, 0.2) is 5.76 Å². The maximum atomic E-state index is 8.01. The van der Waals surface area contributed by atoms with Gasteiger partial charge in [0.25, 0.3) is 5.95 Å². The quantitative estimate of drug-likeness (QED) is 0.737. The summed E-state index contributed by atoms with van der Waals surface area (Å²) in [7, 11) is 0. The monoisotopic (exact) mass is 253 g/mol. The molecule has 2 rings (SSSR count). The maximum Gasteiger partial charge on any atom is 0.284 e. The van der Waals surface area contributed by atoms with Gasteiger partial charge in [-0.25, -0.2) is 0 Å². The standard InChI is InChI=1S/C13H20N2O3/c1-2-15(7-6-14)10-3-4-13-17-8-5-11(16)12(9-10)18-13/h3-4,9,11,16H,2,5-8,14H2,1H3/p+1. The van der Waals surface area contributed by atoms with Crippen molar-refractivity contribution < 1.29 is 14.6 Å². The highest BCUT2D eigenvalue weighted by Gasteiger charge is 2.26. The molecule has 0 amide bonds. The number of hydrogen-bond donors (Lipinski definition) is 1. The van der Waals surface area contributed by atoms with Crippen molar-refractivity contribution in [1.29, 1.82) is 0 Å². The topological polar surface area (TPSA) is 70.6 Å². The second-order valence-corrected chi connectivity index (χ2v) is 4.28. The molecule has 2 aliphatic heterocycles. The molecule has 0 aromatic carbocycles. The molecule has 0 aromatic heterocycles. The number of likely N-dealkylation sites (N-methyl/N-ethyl adjacent to an activating group) is 1. The van der Waals surface area contributed by atoms with E-state index in [1.165, 1.54) is 0 Å². The van der Waals surface area contributed by atoms with Crippen molar-refractivity contribution in [3.63, 3.8) is 0 Å². The van der Waals surface area contributed by atoms with Crippen LogP contribution in [0.5, 0.6) is 0 Å². The number of nitrogens with two attached hydrogens (primary N) is 1. The van der Waals surface area contributed by atoms with Crippen LogP contribution in [-0.2, 0) is 9.47 Å². The van der Waals surface area contributed by atoms with E-state index in [4.69, 9.17) is 20.3 Å². The highest BCUT2D eigenvalue weighted by molar-refractivity contribution is 5.30. The summed E-state index contributed by atoms with van der Waals surface area (Å²) in [5.74, 6) is 1.13. The summed E-state index contributed by atoms with van der Waals surface area (Å²) >= 11 is 0. The lowest BCUT2D eigenvalue weighted by Crippen LogP contribution is -2.28. The molecule has 100 valence electrons. The third-order valence-electron chi connectivity index (χ3n) is 3.04. The van der Waals surface area contributed by atoms with Crippen LogP contribution in [0.1, 0.15) is 13.3 Å². The Balaban J connectivity index is 2.27. The molecule has 4 N–H and O–H groups in total. The van der Waals surface area contributed by atoms with Gasteiger partial charge < -0.3 is 25.2 Å². The average Bonchev–Trinajstić information content (AvgIpc) is 2.68. The molecule has 1 atom stereocenters. The van der Waals surface area contributed by atoms with E-state index in [1.807, 2.05) is 18.2 Å². The minimum atomic E-state index is -0.367. The van der Waals surface area contributed by atoms with Crippen molar-refractivity contribution in [1.82, 2.24) is 4.90 Å². The van der Waals surface area contributed by atoms with Gasteiger partial charge in [0.05, 0.1) is 13.0 Å². The summed E-state index contributed by atoms with van der Waals surface area (Å²) in [4.78, 5) is 2.16. The first kappa shape index (κ1) is 13.0. The second-order valence-electron chi connectivity index (χ2n) is 4.28. The lowest BCUT2D eigenvalue weighted by atomic mass is 10.2. The molecule has 5 nitrogen and oxygen atoms in total. The SMILES string of the molecule is CCN(CCN)C1=CC=C2OCCC([OH2+])C(=C1)O2. The molecule has 1 saturated heterocycles. The van der Waals surface area contributed by atoms with Crippen LogP contribution in [0.25, 0.3) is 0 Å². The van der Waals surface area contributed by atoms with E-state index in [9.17, 15) is 0 Å². The number of fused-ring (bicyclic) bond motifs is 2. The van der Waals surface area contributed by atoms with Crippen LogP contribution in [0.4, 0.5) is 0 Å². The van der Waals surface area contributed by atoms with Crippen molar-refractivity contribution in [2.75, 3.05) is 26.2 Å². The van der Waals surface area contributed by atoms with Gasteiger partial charge >= 0.3 is 0 Å². The first-order valence-corrected chi connectivity index (χ1v) is 6.35. The number of allylic oxidation sites excluding steroid dienone is 3. The first-order valence-electron chi connectivity index (χ1n) is 6.35. The van der Waals surface area contributed by atoms with Gasteiger partial charge in [-0.2, -0.15) is 0 Å². The Morgan fingerprint density at radius 3 is 3.06 bits per heavy atom. The van der Waals surface area contributed by atoms with Crippen LogP contribution in [0, 0.1) is 0 Å². The zero-order valence-corrected chi connectivity index (χ0v) is 10.7. The minimum Gasteiger partial charge on any atom is -0.465 e. The van der Waals surface area contributed by atoms with Gasteiger partial charge in [-0.15, -0.1) is 0 Å². The van der Waals surface area contributed by atoms with Gasteiger partial charge in [-0.05, 0) is 13.0 Å². The number of rotatable bonds is 4. The molecule has 1 fully saturated rings. The lowest BCUT2D eigenvalue weighted by Gasteiger charge is -2.23. The van der Waals surface area contributed by atoms with E-state index in [2.05, 4.69) is 11.8 Å². The first-order chi connectivity index (χ1) is 8.74. The zero-order valence-electron chi connectivity index (χ0n) is 10.7. The Bertz CT molecular complexity index is 388. The molecular weight excluding hydrogens is 232 g/mol. The molecule has 0 radical (unpaired) electrons. The van der Waals surface area contributed by atoms with Crippen molar-refractivity contribution in [2.24, 2.45) is 5.73 Å². The highest BCUT2D eigenvalue weighted by Crippen LogP contribution is 2.25. The Morgan fingerprint density at radius 1 is 1.50 bits per heavy atom. The van der Waals surface area contributed by atoms with E-state index >= 15 is 0 Å². The van der Waals surface area contributed by atoms with E-state index in [0.717, 1.165) is 18.8 Å². The number of hydrogen-bond acceptors (Lipinski definition) is 4. The fourth-order valence-corrected chi connectivity index (χ4v) is 2.02. The van der Waals surface area contributed by atoms with Gasteiger partial charge in [0, 0.05) is 37.5 Å². The summed E-state index contributed by atoms with van der Waals surface area (Å²) in [5, 5.41) is 8.01. The Kier molecular flexibility index (Phi) is 4.28. The van der Waals surface area contributed by atoms with E-state index < -0.39 is 0 Å². The average molecular weight is 253 g/mol. The van der Waals surface area contributed by atoms with Crippen molar-refractivity contribution >= 4 is 0 Å². The van der Waals surface area contributed by atoms with Gasteiger partial charge in [-0.1, -0.05) is 0 Å². The predicted molar refractivity (Wildman–Crippen MR) is 69.6 cm³/mol. The Morgan fingerprint density at radius 2 is 2.33 bits per heavy atom. The molecule has 0 aromatic rings. The molecule has 2 bridgehead atoms. The van der Waals surface area contributed by atoms with Crippen LogP contribution in [0.2, 0.25) is 0 Å². The van der Waals surface area contributed by atoms with Crippen molar-refractivity contribution in [3.8, 4) is 0 Å². The van der Waals surface area contributed by atoms with Crippen molar-refractivity contribution in [3.05, 3.63) is 35.6 Å². The van der Waals surface area contributed by atoms with Crippen molar-refractivity contribution in [2.45, 2.75) is 19.4 Å². The zero-order chi connectivity index (χ0) is 13.0. The summed E-state index contributed by atoms with van der Waals surface area (Å²) in [5.41, 5.74) is 6.64. The molecule has 18 heavy (non-hydrogen) atoms. The Hall–Kier alpha value is -1.46. The van der Waals surface area contributed by atoms with E-state index in [1.54, 1.807) is 0 Å². The van der Waals surface area contributed by atoms with E-state index in [-0.39, 0.29) is 6.10 Å². The van der Waals surface area contributed by atoms with Gasteiger partial charge in [0.1, 0.15) is 0 Å². The minimum absolute atomic E-state index is 0.367. The molecule has 1 unspecified atom stereocenters. The largest absolute Gasteiger partial charge is 0.465 e. The normalized spacial score (nSPS) is 22.6. The van der Waals surface area contributed by atoms with Gasteiger partial charge in [-0.3, -0.25) is 0 Å².